The van der Waals surface area contributed by atoms with Crippen molar-refractivity contribution in [3.05, 3.63) is 17.5 Å². The summed E-state index contributed by atoms with van der Waals surface area (Å²) in [5, 5.41) is 6.80. The van der Waals surface area contributed by atoms with Crippen molar-refractivity contribution in [2.75, 3.05) is 13.6 Å². The van der Waals surface area contributed by atoms with E-state index in [1.807, 2.05) is 0 Å². The molecule has 1 aromatic rings. The lowest BCUT2D eigenvalue weighted by molar-refractivity contribution is 0.309. The molecule has 0 aliphatic carbocycles. The Morgan fingerprint density at radius 2 is 2.60 bits per heavy atom. The quantitative estimate of drug-likeness (QED) is 0.552. The van der Waals surface area contributed by atoms with Crippen LogP contribution in [0.5, 0.6) is 0 Å². The predicted octanol–water partition coefficient (Wildman–Crippen LogP) is 0.198. The molecule has 1 aliphatic rings. The molecule has 53 valence electrons. The monoisotopic (exact) mass is 136 g/mol. The molecular formula is C7H10N3. The Morgan fingerprint density at radius 3 is 3.50 bits per heavy atom. The number of likely N-dealkylation sites (N-methyl/N-ethyl adjacent to an activating group) is 1. The molecule has 1 N–H and O–H groups in total. The predicted molar refractivity (Wildman–Crippen MR) is 37.5 cm³/mol. The van der Waals surface area contributed by atoms with Crippen molar-refractivity contribution in [2.45, 2.75) is 13.0 Å². The third-order valence-electron chi connectivity index (χ3n) is 1.92. The highest BCUT2D eigenvalue weighted by Gasteiger charge is 2.13. The zero-order valence-corrected chi connectivity index (χ0v) is 6.02. The molecule has 0 saturated heterocycles. The van der Waals surface area contributed by atoms with E-state index in [1.165, 1.54) is 11.3 Å². The van der Waals surface area contributed by atoms with Crippen molar-refractivity contribution in [1.29, 1.82) is 0 Å². The number of hydrogen-bond acceptors (Lipinski definition) is 2. The molecular weight excluding hydrogens is 126 g/mol. The number of nitrogens with one attached hydrogen (secondary N) is 1. The molecule has 2 heterocycles. The summed E-state index contributed by atoms with van der Waals surface area (Å²) in [7, 11) is 2.11. The van der Waals surface area contributed by atoms with Gasteiger partial charge in [-0.05, 0) is 13.5 Å². The molecule has 0 aromatic carbocycles. The van der Waals surface area contributed by atoms with Crippen LogP contribution in [0.3, 0.4) is 0 Å². The average Bonchev–Trinajstić information content (AvgIpc) is 2.33. The van der Waals surface area contributed by atoms with Crippen LogP contribution in [0.25, 0.3) is 0 Å². The van der Waals surface area contributed by atoms with E-state index in [2.05, 4.69) is 28.3 Å². The van der Waals surface area contributed by atoms with Crippen molar-refractivity contribution in [3.8, 4) is 0 Å². The lowest BCUT2D eigenvalue weighted by atomic mass is 10.1. The normalized spacial score (nSPS) is 18.9. The number of aromatic amines is 1. The van der Waals surface area contributed by atoms with Crippen LogP contribution in [0.1, 0.15) is 11.3 Å². The molecule has 2 rings (SSSR count). The maximum absolute atomic E-state index is 3.86. The van der Waals surface area contributed by atoms with Gasteiger partial charge < -0.3 is 4.90 Å². The van der Waals surface area contributed by atoms with Crippen LogP contribution in [0.4, 0.5) is 0 Å². The molecule has 0 fully saturated rings. The lowest BCUT2D eigenvalue weighted by Crippen LogP contribution is -2.26. The van der Waals surface area contributed by atoms with Crippen LogP contribution in [0.2, 0.25) is 0 Å². The number of rotatable bonds is 0. The Bertz CT molecular complexity index is 229. The highest BCUT2D eigenvalue weighted by Crippen LogP contribution is 2.12. The van der Waals surface area contributed by atoms with Crippen molar-refractivity contribution in [2.24, 2.45) is 0 Å². The highest BCUT2D eigenvalue weighted by molar-refractivity contribution is 5.17. The molecule has 0 bridgehead atoms. The zero-order valence-electron chi connectivity index (χ0n) is 6.02. The second kappa shape index (κ2) is 2.09. The molecule has 0 saturated carbocycles. The van der Waals surface area contributed by atoms with Gasteiger partial charge in [-0.1, -0.05) is 0 Å². The molecule has 0 amide bonds. The summed E-state index contributed by atoms with van der Waals surface area (Å²) < 4.78 is 0. The van der Waals surface area contributed by atoms with Crippen LogP contribution < -0.4 is 0 Å². The fourth-order valence-corrected chi connectivity index (χ4v) is 1.29. The number of H-pyrrole nitrogens is 1. The van der Waals surface area contributed by atoms with Crippen LogP contribution >= 0.6 is 0 Å². The Balaban J connectivity index is 2.30. The van der Waals surface area contributed by atoms with Gasteiger partial charge in [0.1, 0.15) is 6.20 Å². The van der Waals surface area contributed by atoms with Crippen LogP contribution in [-0.4, -0.2) is 28.7 Å². The minimum absolute atomic E-state index is 0.992. The third kappa shape index (κ3) is 0.827. The molecule has 0 spiro atoms. The standard InChI is InChI=1S/C7H10N3/c1-10-3-2-6-4-8-9-7(6)5-10/h2-3,5H2,1H3,(H,8,9). The number of aromatic nitrogens is 2. The van der Waals surface area contributed by atoms with Gasteiger partial charge >= 0.3 is 0 Å². The number of fused-ring (bicyclic) bond motifs is 1. The smallest absolute Gasteiger partial charge is 0.116 e. The van der Waals surface area contributed by atoms with E-state index < -0.39 is 0 Å². The van der Waals surface area contributed by atoms with E-state index in [1.54, 1.807) is 0 Å². The summed E-state index contributed by atoms with van der Waals surface area (Å²) >= 11 is 0. The maximum atomic E-state index is 3.86. The SMILES string of the molecule is CN1CCc2[c]n[nH]c2C1. The van der Waals surface area contributed by atoms with Gasteiger partial charge in [0.2, 0.25) is 0 Å². The zero-order chi connectivity index (χ0) is 6.97. The first-order valence-corrected chi connectivity index (χ1v) is 3.48. The van der Waals surface area contributed by atoms with E-state index in [4.69, 9.17) is 0 Å². The van der Waals surface area contributed by atoms with Crippen LogP contribution in [-0.2, 0) is 13.0 Å². The maximum Gasteiger partial charge on any atom is 0.116 e. The Labute approximate surface area is 60.0 Å². The Morgan fingerprint density at radius 1 is 1.70 bits per heavy atom. The van der Waals surface area contributed by atoms with Crippen LogP contribution in [0.15, 0.2) is 0 Å². The first-order chi connectivity index (χ1) is 4.86. The first kappa shape index (κ1) is 5.92. The molecule has 3 nitrogen and oxygen atoms in total. The summed E-state index contributed by atoms with van der Waals surface area (Å²) in [4.78, 5) is 2.27. The lowest BCUT2D eigenvalue weighted by Gasteiger charge is -2.20. The minimum atomic E-state index is 0.992. The molecule has 1 radical (unpaired) electrons. The second-order valence-electron chi connectivity index (χ2n) is 2.78. The van der Waals surface area contributed by atoms with Crippen LogP contribution in [0, 0.1) is 6.20 Å². The van der Waals surface area contributed by atoms with Gasteiger partial charge in [0, 0.05) is 18.7 Å². The van der Waals surface area contributed by atoms with Gasteiger partial charge in [0.25, 0.3) is 0 Å². The van der Waals surface area contributed by atoms with Gasteiger partial charge in [-0.2, -0.15) is 5.10 Å². The summed E-state index contributed by atoms with van der Waals surface area (Å²) in [5.41, 5.74) is 2.49. The topological polar surface area (TPSA) is 31.9 Å². The third-order valence-corrected chi connectivity index (χ3v) is 1.92. The van der Waals surface area contributed by atoms with E-state index in [-0.39, 0.29) is 0 Å². The van der Waals surface area contributed by atoms with Crippen molar-refractivity contribution < 1.29 is 0 Å². The molecule has 0 unspecified atom stereocenters. The fraction of sp³-hybridized carbons (Fsp3) is 0.571. The van der Waals surface area contributed by atoms with Gasteiger partial charge in [0.05, 0.1) is 5.69 Å². The van der Waals surface area contributed by atoms with E-state index in [0.717, 1.165) is 19.5 Å². The minimum Gasteiger partial charge on any atom is -0.300 e. The molecule has 0 atom stereocenters. The van der Waals surface area contributed by atoms with Crippen molar-refractivity contribution in [3.63, 3.8) is 0 Å². The van der Waals surface area contributed by atoms with E-state index >= 15 is 0 Å². The van der Waals surface area contributed by atoms with Gasteiger partial charge in [-0.15, -0.1) is 0 Å². The van der Waals surface area contributed by atoms with Gasteiger partial charge in [0.15, 0.2) is 0 Å². The van der Waals surface area contributed by atoms with Gasteiger partial charge in [-0.3, -0.25) is 5.10 Å². The Kier molecular flexibility index (Phi) is 1.24. The van der Waals surface area contributed by atoms with Crippen molar-refractivity contribution in [1.82, 2.24) is 15.1 Å². The highest BCUT2D eigenvalue weighted by atomic mass is 15.2. The molecule has 1 aromatic heterocycles. The summed E-state index contributed by atoms with van der Waals surface area (Å²) in [5.74, 6) is 0. The fourth-order valence-electron chi connectivity index (χ4n) is 1.29. The van der Waals surface area contributed by atoms with E-state index in [0.29, 0.717) is 0 Å². The van der Waals surface area contributed by atoms with Crippen molar-refractivity contribution >= 4 is 0 Å². The summed E-state index contributed by atoms with van der Waals surface area (Å²) in [6, 6.07) is 0. The summed E-state index contributed by atoms with van der Waals surface area (Å²) in [6.07, 6.45) is 4.03. The second-order valence-corrected chi connectivity index (χ2v) is 2.78. The molecule has 1 aliphatic heterocycles. The molecule has 10 heavy (non-hydrogen) atoms. The van der Waals surface area contributed by atoms with Gasteiger partial charge in [-0.25, -0.2) is 0 Å². The average molecular weight is 136 g/mol. The summed E-state index contributed by atoms with van der Waals surface area (Å²) in [6.45, 7) is 2.12. The molecule has 3 heteroatoms. The number of nitrogens with zero attached hydrogens (tertiary/aromatic N) is 2. The van der Waals surface area contributed by atoms with E-state index in [9.17, 15) is 0 Å². The largest absolute Gasteiger partial charge is 0.300 e. The first-order valence-electron chi connectivity index (χ1n) is 3.48. The number of hydrogen-bond donors (Lipinski definition) is 1. The Hall–Kier alpha value is -0.830.